The summed E-state index contributed by atoms with van der Waals surface area (Å²) < 4.78 is 8.44. The number of imidazole rings is 1. The molecule has 243 valence electrons. The fourth-order valence-electron chi connectivity index (χ4n) is 6.19. The first kappa shape index (κ1) is 34.5. The molecule has 1 radical (unpaired) electrons. The molecule has 47 heavy (non-hydrogen) atoms. The van der Waals surface area contributed by atoms with E-state index in [1.165, 1.54) is 16.3 Å². The molecular weight excluding hydrogens is 771 g/mol. The molecule has 0 bridgehead atoms. The van der Waals surface area contributed by atoms with E-state index in [0.29, 0.717) is 5.92 Å². The molecule has 0 fully saturated rings. The van der Waals surface area contributed by atoms with Crippen LogP contribution in [-0.4, -0.2) is 22.6 Å². The van der Waals surface area contributed by atoms with E-state index in [1.54, 1.807) is 0 Å². The summed E-state index contributed by atoms with van der Waals surface area (Å²) in [7, 11) is -1.35. The van der Waals surface area contributed by atoms with Crippen molar-refractivity contribution in [3.8, 4) is 22.6 Å². The van der Waals surface area contributed by atoms with Gasteiger partial charge >= 0.3 is 0 Å². The third-order valence-electron chi connectivity index (χ3n) is 8.34. The number of pyridine rings is 1. The average molecular weight is 814 g/mol. The van der Waals surface area contributed by atoms with Crippen molar-refractivity contribution in [2.45, 2.75) is 66.7 Å². The molecule has 4 aromatic carbocycles. The van der Waals surface area contributed by atoms with E-state index in [4.69, 9.17) is 14.4 Å². The predicted octanol–water partition coefficient (Wildman–Crippen LogP) is 10.6. The van der Waals surface area contributed by atoms with Crippen molar-refractivity contribution in [2.24, 2.45) is 5.92 Å². The van der Waals surface area contributed by atoms with Crippen molar-refractivity contribution < 1.29 is 24.5 Å². The Bertz CT molecular complexity index is 2140. The van der Waals surface area contributed by atoms with Gasteiger partial charge in [-0.3, -0.25) is 4.98 Å². The van der Waals surface area contributed by atoms with Gasteiger partial charge in [-0.25, -0.2) is 0 Å². The second-order valence-corrected chi connectivity index (χ2v) is 19.0. The summed E-state index contributed by atoms with van der Waals surface area (Å²) in [5.74, 6) is 1.57. The second-order valence-electron chi connectivity index (χ2n) is 13.9. The minimum absolute atomic E-state index is 0. The Hall–Kier alpha value is -3.83. The quantitative estimate of drug-likeness (QED) is 0.124. The molecule has 0 aliphatic heterocycles. The van der Waals surface area contributed by atoms with Gasteiger partial charge in [0.25, 0.3) is 0 Å². The van der Waals surface area contributed by atoms with Crippen molar-refractivity contribution in [1.82, 2.24) is 14.5 Å². The molecule has 0 spiro atoms. The van der Waals surface area contributed by atoms with Gasteiger partial charge in [-0.1, -0.05) is 93.3 Å². The van der Waals surface area contributed by atoms with Crippen LogP contribution in [0.2, 0.25) is 19.6 Å². The van der Waals surface area contributed by atoms with Crippen LogP contribution in [0.3, 0.4) is 0 Å². The molecule has 0 aliphatic rings. The molecule has 0 aliphatic carbocycles. The molecule has 3 aromatic heterocycles. The summed E-state index contributed by atoms with van der Waals surface area (Å²) in [5, 5.41) is 3.72. The van der Waals surface area contributed by atoms with Crippen LogP contribution in [0.5, 0.6) is 0 Å². The van der Waals surface area contributed by atoms with Gasteiger partial charge in [0, 0.05) is 37.7 Å². The van der Waals surface area contributed by atoms with Gasteiger partial charge in [0.2, 0.25) is 0 Å². The van der Waals surface area contributed by atoms with Crippen molar-refractivity contribution in [3.05, 3.63) is 114 Å². The van der Waals surface area contributed by atoms with Crippen molar-refractivity contribution in [2.75, 3.05) is 0 Å². The molecule has 3 heterocycles. The van der Waals surface area contributed by atoms with Gasteiger partial charge in [0.05, 0.1) is 30.5 Å². The number of hydrogen-bond acceptors (Lipinski definition) is 3. The standard InChI is InChI=1S/C22H17N2O.C19H26NSi.Ir/c1-14(2)24-19-12-5-4-11-18(19)23-22(24)17-10-7-9-16-15-8-3-6-13-20(15)25-21(16)17;1-14(2)11-17-12-18(16-9-7-15(3)8-10-16)20-13-19(17)21(4,5)6;/h3-9,11-14H,1-2H3;7-9,12-14H,11H2,1-6H3;/q2*-1;. The van der Waals surface area contributed by atoms with Crippen LogP contribution in [-0.2, 0) is 26.5 Å². The minimum Gasteiger partial charge on any atom is -0.501 e. The van der Waals surface area contributed by atoms with E-state index in [1.807, 2.05) is 36.4 Å². The van der Waals surface area contributed by atoms with E-state index in [2.05, 4.69) is 126 Å². The maximum absolute atomic E-state index is 6.18. The van der Waals surface area contributed by atoms with Gasteiger partial charge < -0.3 is 14.0 Å². The number of fused-ring (bicyclic) bond motifs is 4. The molecule has 0 saturated heterocycles. The Morgan fingerprint density at radius 3 is 2.32 bits per heavy atom. The largest absolute Gasteiger partial charge is 0.501 e. The summed E-state index contributed by atoms with van der Waals surface area (Å²) in [6, 6.07) is 36.0. The molecule has 0 unspecified atom stereocenters. The minimum atomic E-state index is -1.35. The first-order chi connectivity index (χ1) is 22.0. The van der Waals surface area contributed by atoms with Crippen molar-refractivity contribution in [3.63, 3.8) is 0 Å². The predicted molar refractivity (Wildman–Crippen MR) is 196 cm³/mol. The van der Waals surface area contributed by atoms with Crippen molar-refractivity contribution in [1.29, 1.82) is 0 Å². The molecule has 0 amide bonds. The fourth-order valence-corrected chi connectivity index (χ4v) is 7.78. The van der Waals surface area contributed by atoms with E-state index < -0.39 is 8.07 Å². The van der Waals surface area contributed by atoms with Crippen LogP contribution < -0.4 is 5.19 Å². The van der Waals surface area contributed by atoms with Gasteiger partial charge in [0.15, 0.2) is 0 Å². The zero-order valence-corrected chi connectivity index (χ0v) is 32.0. The van der Waals surface area contributed by atoms with E-state index in [0.717, 1.165) is 62.0 Å². The van der Waals surface area contributed by atoms with Crippen LogP contribution in [0.25, 0.3) is 55.6 Å². The number of nitrogens with zero attached hydrogens (tertiary/aromatic N) is 3. The zero-order valence-electron chi connectivity index (χ0n) is 28.6. The molecule has 7 rings (SSSR count). The molecule has 0 saturated carbocycles. The molecule has 0 atom stereocenters. The van der Waals surface area contributed by atoms with E-state index in [-0.39, 0.29) is 26.1 Å². The van der Waals surface area contributed by atoms with Crippen molar-refractivity contribution >= 4 is 46.2 Å². The topological polar surface area (TPSA) is 43.9 Å². The SMILES string of the molecule is CC(C)n1c(-c2[c-]ccc3c2oc2ccccc23)nc2ccccc21.Cc1c[c-]c(-c2cc(CC(C)C)c([Si](C)(C)C)cn2)cc1.[Ir]. The normalized spacial score (nSPS) is 11.7. The molecule has 0 N–H and O–H groups in total. The number of hydrogen-bond donors (Lipinski definition) is 0. The molecule has 7 aromatic rings. The number of benzene rings is 4. The molecule has 4 nitrogen and oxygen atoms in total. The summed E-state index contributed by atoms with van der Waals surface area (Å²) in [5.41, 5.74) is 9.63. The summed E-state index contributed by atoms with van der Waals surface area (Å²) in [4.78, 5) is 9.61. The van der Waals surface area contributed by atoms with Crippen LogP contribution in [0.1, 0.15) is 44.9 Å². The Labute approximate surface area is 293 Å². The maximum Gasteiger partial charge on any atom is 0.120 e. The van der Waals surface area contributed by atoms with Crippen LogP contribution in [0, 0.1) is 25.0 Å². The van der Waals surface area contributed by atoms with E-state index in [9.17, 15) is 0 Å². The Morgan fingerprint density at radius 2 is 1.62 bits per heavy atom. The van der Waals surface area contributed by atoms with E-state index >= 15 is 0 Å². The Kier molecular flexibility index (Phi) is 10.4. The number of rotatable bonds is 6. The number of furan rings is 1. The maximum atomic E-state index is 6.18. The first-order valence-corrected chi connectivity index (χ1v) is 19.8. The second kappa shape index (κ2) is 14.1. The van der Waals surface area contributed by atoms with Gasteiger partial charge in [-0.05, 0) is 55.3 Å². The number of para-hydroxylation sites is 3. The Morgan fingerprint density at radius 1 is 0.872 bits per heavy atom. The van der Waals surface area contributed by atoms with Gasteiger partial charge in [-0.15, -0.1) is 53.6 Å². The summed E-state index contributed by atoms with van der Waals surface area (Å²) in [6.07, 6.45) is 3.24. The zero-order chi connectivity index (χ0) is 32.6. The summed E-state index contributed by atoms with van der Waals surface area (Å²) >= 11 is 0. The molecular formula is C41H43IrN3OSi-2. The van der Waals surface area contributed by atoms with Crippen LogP contribution in [0.4, 0.5) is 0 Å². The third-order valence-corrected chi connectivity index (χ3v) is 10.4. The third kappa shape index (κ3) is 7.21. The average Bonchev–Trinajstić information content (AvgIpc) is 3.60. The number of aromatic nitrogens is 3. The first-order valence-electron chi connectivity index (χ1n) is 16.3. The molecule has 6 heteroatoms. The van der Waals surface area contributed by atoms with Gasteiger partial charge in [0.1, 0.15) is 5.58 Å². The summed E-state index contributed by atoms with van der Waals surface area (Å²) in [6.45, 7) is 18.2. The smallest absolute Gasteiger partial charge is 0.120 e. The van der Waals surface area contributed by atoms with Crippen LogP contribution >= 0.6 is 0 Å². The van der Waals surface area contributed by atoms with Crippen LogP contribution in [0.15, 0.2) is 95.5 Å². The Balaban J connectivity index is 0.000000184. The monoisotopic (exact) mass is 814 g/mol. The van der Waals surface area contributed by atoms with Gasteiger partial charge in [-0.2, -0.15) is 0 Å². The number of aryl methyl sites for hydroxylation is 1. The fraction of sp³-hybridized carbons (Fsp3) is 0.268.